The smallest absolute Gasteiger partial charge is 0.0844 e. The summed E-state index contributed by atoms with van der Waals surface area (Å²) in [4.78, 5) is 0. The molecule has 31 heavy (non-hydrogen) atoms. The van der Waals surface area contributed by atoms with Crippen LogP contribution < -0.4 is 0 Å². The van der Waals surface area contributed by atoms with Gasteiger partial charge in [-0.3, -0.25) is 0 Å². The molecule has 0 aromatic carbocycles. The second kappa shape index (κ2) is 24.0. The van der Waals surface area contributed by atoms with Crippen LogP contribution in [0.15, 0.2) is 72.9 Å². The van der Waals surface area contributed by atoms with Gasteiger partial charge < -0.3 is 13.6 Å². The number of hydrogen-bond donors (Lipinski definition) is 0. The highest BCUT2D eigenvalue weighted by molar-refractivity contribution is 8.41. The molecule has 0 aliphatic heterocycles. The van der Waals surface area contributed by atoms with Gasteiger partial charge in [-0.25, -0.2) is 0 Å². The van der Waals surface area contributed by atoms with E-state index in [4.69, 9.17) is 13.6 Å². The van der Waals surface area contributed by atoms with Gasteiger partial charge in [0.2, 0.25) is 0 Å². The molecule has 3 nitrogen and oxygen atoms in total. The van der Waals surface area contributed by atoms with Crippen molar-refractivity contribution >= 4 is 52.3 Å². The Bertz CT molecular complexity index is 588. The highest BCUT2D eigenvalue weighted by Gasteiger charge is 2.05. The molecule has 0 amide bonds. The lowest BCUT2D eigenvalue weighted by Gasteiger charge is -2.14. The minimum absolute atomic E-state index is 0.0591. The number of allylic oxidation sites excluding steroid dienone is 7. The van der Waals surface area contributed by atoms with Crippen molar-refractivity contribution in [3.8, 4) is 0 Å². The SMILES string of the molecule is CCC=CCC(C=CC=CCC(C=CC=CC=CC(CCC)OP)OPP)OP(P)P. The summed E-state index contributed by atoms with van der Waals surface area (Å²) >= 11 is 0. The van der Waals surface area contributed by atoms with Crippen LogP contribution in [-0.2, 0) is 13.6 Å². The lowest BCUT2D eigenvalue weighted by atomic mass is 10.2. The fraction of sp³-hybridized carbons (Fsp3) is 0.455. The summed E-state index contributed by atoms with van der Waals surface area (Å²) in [7, 11) is 10.2. The van der Waals surface area contributed by atoms with Gasteiger partial charge in [-0.1, -0.05) is 120 Å². The van der Waals surface area contributed by atoms with Crippen molar-refractivity contribution in [2.75, 3.05) is 0 Å². The van der Waals surface area contributed by atoms with E-state index < -0.39 is 7.53 Å². The second-order valence-electron chi connectivity index (χ2n) is 6.56. The molecule has 0 saturated carbocycles. The van der Waals surface area contributed by atoms with Gasteiger partial charge in [0.25, 0.3) is 0 Å². The molecule has 0 heterocycles. The fourth-order valence-electron chi connectivity index (χ4n) is 2.44. The van der Waals surface area contributed by atoms with Crippen molar-refractivity contribution in [2.45, 2.75) is 64.3 Å². The van der Waals surface area contributed by atoms with E-state index in [1.165, 1.54) is 0 Å². The molecular formula is C22H40O3P6. The Morgan fingerprint density at radius 2 is 1.42 bits per heavy atom. The molecule has 0 N–H and O–H groups in total. The van der Waals surface area contributed by atoms with Crippen molar-refractivity contribution < 1.29 is 13.6 Å². The predicted octanol–water partition coefficient (Wildman–Crippen LogP) is 8.62. The summed E-state index contributed by atoms with van der Waals surface area (Å²) in [5.74, 6) is 0. The molecule has 0 aromatic heterocycles. The van der Waals surface area contributed by atoms with Crippen molar-refractivity contribution in [3.63, 3.8) is 0 Å². The molecule has 0 spiro atoms. The first-order valence-corrected chi connectivity index (χ1v) is 18.2. The predicted molar refractivity (Wildman–Crippen MR) is 158 cm³/mol. The van der Waals surface area contributed by atoms with Gasteiger partial charge in [0.05, 0.1) is 25.8 Å². The van der Waals surface area contributed by atoms with Gasteiger partial charge in [0.1, 0.15) is 0 Å². The molecule has 8 atom stereocenters. The second-order valence-corrected chi connectivity index (χ2v) is 13.8. The average Bonchev–Trinajstić information content (AvgIpc) is 2.74. The first kappa shape index (κ1) is 31.9. The summed E-state index contributed by atoms with van der Waals surface area (Å²) in [6.07, 6.45) is 30.2. The molecular weight excluding hydrogens is 498 g/mol. The average molecular weight is 538 g/mol. The van der Waals surface area contributed by atoms with Gasteiger partial charge in [-0.05, 0) is 25.7 Å². The zero-order valence-electron chi connectivity index (χ0n) is 18.7. The van der Waals surface area contributed by atoms with E-state index in [0.29, 0.717) is 8.50 Å². The summed E-state index contributed by atoms with van der Waals surface area (Å²) < 4.78 is 17.1. The molecule has 0 radical (unpaired) electrons. The van der Waals surface area contributed by atoms with E-state index in [1.54, 1.807) is 0 Å². The van der Waals surface area contributed by atoms with Crippen LogP contribution in [0.5, 0.6) is 0 Å². The van der Waals surface area contributed by atoms with Crippen LogP contribution in [0, 0.1) is 0 Å². The van der Waals surface area contributed by atoms with Crippen LogP contribution in [0.25, 0.3) is 0 Å². The summed E-state index contributed by atoms with van der Waals surface area (Å²) in [5, 5.41) is 0. The highest BCUT2D eigenvalue weighted by Crippen LogP contribution is 2.54. The summed E-state index contributed by atoms with van der Waals surface area (Å²) in [6.45, 7) is 4.30. The molecule has 0 bridgehead atoms. The van der Waals surface area contributed by atoms with Crippen LogP contribution in [0.3, 0.4) is 0 Å². The van der Waals surface area contributed by atoms with Crippen LogP contribution in [0.4, 0.5) is 0 Å². The van der Waals surface area contributed by atoms with Crippen molar-refractivity contribution in [3.05, 3.63) is 72.9 Å². The molecule has 0 aliphatic rings. The van der Waals surface area contributed by atoms with E-state index in [9.17, 15) is 0 Å². The summed E-state index contributed by atoms with van der Waals surface area (Å²) in [5.41, 5.74) is 0. The topological polar surface area (TPSA) is 27.7 Å². The maximum absolute atomic E-state index is 5.94. The normalized spacial score (nSPS) is 16.7. The first-order chi connectivity index (χ1) is 15.1. The maximum Gasteiger partial charge on any atom is 0.0844 e. The van der Waals surface area contributed by atoms with Crippen LogP contribution in [0.1, 0.15) is 46.0 Å². The third-order valence-electron chi connectivity index (χ3n) is 3.92. The fourth-order valence-corrected chi connectivity index (χ4v) is 4.95. The van der Waals surface area contributed by atoms with Gasteiger partial charge in [-0.2, -0.15) is 0 Å². The zero-order valence-corrected chi connectivity index (χ0v) is 25.2. The molecule has 176 valence electrons. The van der Waals surface area contributed by atoms with Crippen molar-refractivity contribution in [1.29, 1.82) is 0 Å². The van der Waals surface area contributed by atoms with Crippen LogP contribution in [-0.4, -0.2) is 18.3 Å². The Balaban J connectivity index is 4.60. The first-order valence-electron chi connectivity index (χ1n) is 10.5. The van der Waals surface area contributed by atoms with Crippen LogP contribution >= 0.6 is 52.3 Å². The number of hydrogen-bond acceptors (Lipinski definition) is 3. The highest BCUT2D eigenvalue weighted by atomic mass is 32.4. The molecule has 0 rings (SSSR count). The monoisotopic (exact) mass is 538 g/mol. The lowest BCUT2D eigenvalue weighted by molar-refractivity contribution is 0.279. The Morgan fingerprint density at radius 3 is 2.00 bits per heavy atom. The molecule has 8 unspecified atom stereocenters. The zero-order chi connectivity index (χ0) is 23.2. The molecule has 0 aliphatic carbocycles. The van der Waals surface area contributed by atoms with Gasteiger partial charge in [0.15, 0.2) is 0 Å². The minimum atomic E-state index is -0.545. The van der Waals surface area contributed by atoms with Crippen LogP contribution in [0.2, 0.25) is 0 Å². The Morgan fingerprint density at radius 1 is 0.806 bits per heavy atom. The third kappa shape index (κ3) is 21.2. The quantitative estimate of drug-likeness (QED) is 0.0994. The van der Waals surface area contributed by atoms with Crippen molar-refractivity contribution in [2.24, 2.45) is 0 Å². The lowest BCUT2D eigenvalue weighted by Crippen LogP contribution is -2.03. The van der Waals surface area contributed by atoms with E-state index in [2.05, 4.69) is 98.7 Å². The standard InChI is InChI=1S/C22H40O3P6/c1-3-5-9-18-22(25-31(28)29)19-13-8-12-17-21(24-30-27)16-11-7-6-10-15-20(23-26)14-4-2/h5-13,15-16,19-22,30H,3-4,14,17-18,26-29H2,1-2H3. The van der Waals surface area contributed by atoms with E-state index in [0.717, 1.165) is 32.1 Å². The Labute approximate surface area is 202 Å². The largest absolute Gasteiger partial charge is 0.358 e. The van der Waals surface area contributed by atoms with E-state index >= 15 is 0 Å². The maximum atomic E-state index is 5.94. The minimum Gasteiger partial charge on any atom is -0.358 e. The van der Waals surface area contributed by atoms with Gasteiger partial charge in [0, 0.05) is 18.0 Å². The molecule has 0 fully saturated rings. The third-order valence-corrected chi connectivity index (χ3v) is 6.36. The number of rotatable bonds is 18. The Hall–Kier alpha value is 0.900. The summed E-state index contributed by atoms with van der Waals surface area (Å²) in [6, 6.07) is 0. The molecule has 9 heteroatoms. The van der Waals surface area contributed by atoms with Gasteiger partial charge >= 0.3 is 0 Å². The van der Waals surface area contributed by atoms with E-state index in [-0.39, 0.29) is 18.3 Å². The van der Waals surface area contributed by atoms with Gasteiger partial charge in [-0.15, -0.1) is 0 Å². The Kier molecular flexibility index (Phi) is 24.7. The van der Waals surface area contributed by atoms with E-state index in [1.807, 2.05) is 24.3 Å². The molecule has 0 aromatic rings. The van der Waals surface area contributed by atoms with Crippen molar-refractivity contribution in [1.82, 2.24) is 0 Å². The molecule has 0 saturated heterocycles.